The second-order valence-electron chi connectivity index (χ2n) is 4.57. The summed E-state index contributed by atoms with van der Waals surface area (Å²) < 4.78 is 5.66. The van der Waals surface area contributed by atoms with E-state index in [1.54, 1.807) is 6.20 Å². The average molecular weight is 222 g/mol. The van der Waals surface area contributed by atoms with Gasteiger partial charge in [0.1, 0.15) is 0 Å². The minimum atomic E-state index is -0.0335. The Balaban J connectivity index is 2.47. The van der Waals surface area contributed by atoms with Gasteiger partial charge in [-0.05, 0) is 31.7 Å². The van der Waals surface area contributed by atoms with Crippen molar-refractivity contribution in [2.24, 2.45) is 11.7 Å². The molecule has 0 aromatic carbocycles. The lowest BCUT2D eigenvalue weighted by Gasteiger charge is -2.12. The van der Waals surface area contributed by atoms with E-state index in [9.17, 15) is 0 Å². The van der Waals surface area contributed by atoms with Crippen molar-refractivity contribution in [2.75, 3.05) is 6.61 Å². The van der Waals surface area contributed by atoms with E-state index in [-0.39, 0.29) is 6.04 Å². The number of pyridine rings is 1. The van der Waals surface area contributed by atoms with Crippen LogP contribution in [0.1, 0.15) is 45.2 Å². The van der Waals surface area contributed by atoms with E-state index in [2.05, 4.69) is 18.8 Å². The first kappa shape index (κ1) is 13.0. The SMILES string of the molecule is CC(C)CCCOc1ncccc1[C@@H](C)N. The first-order valence-electron chi connectivity index (χ1n) is 5.94. The van der Waals surface area contributed by atoms with E-state index in [0.29, 0.717) is 5.88 Å². The summed E-state index contributed by atoms with van der Waals surface area (Å²) in [4.78, 5) is 4.21. The first-order valence-corrected chi connectivity index (χ1v) is 5.94. The van der Waals surface area contributed by atoms with Crippen LogP contribution in [0.5, 0.6) is 5.88 Å². The molecular weight excluding hydrogens is 200 g/mol. The number of ether oxygens (including phenoxy) is 1. The third-order valence-electron chi connectivity index (χ3n) is 2.46. The number of aromatic nitrogens is 1. The highest BCUT2D eigenvalue weighted by Crippen LogP contribution is 2.20. The van der Waals surface area contributed by atoms with Crippen molar-refractivity contribution in [3.63, 3.8) is 0 Å². The molecule has 0 aliphatic rings. The predicted molar refractivity (Wildman–Crippen MR) is 66.4 cm³/mol. The molecule has 1 rings (SSSR count). The number of rotatable bonds is 6. The van der Waals surface area contributed by atoms with Gasteiger partial charge in [-0.3, -0.25) is 0 Å². The number of hydrogen-bond donors (Lipinski definition) is 1. The maximum atomic E-state index is 5.85. The topological polar surface area (TPSA) is 48.1 Å². The Kier molecular flexibility index (Phi) is 5.26. The fourth-order valence-electron chi connectivity index (χ4n) is 1.53. The molecule has 2 N–H and O–H groups in total. The van der Waals surface area contributed by atoms with Crippen molar-refractivity contribution in [3.05, 3.63) is 23.9 Å². The van der Waals surface area contributed by atoms with Gasteiger partial charge in [0.15, 0.2) is 0 Å². The Morgan fingerprint density at radius 1 is 1.38 bits per heavy atom. The molecule has 1 atom stereocenters. The van der Waals surface area contributed by atoms with Crippen molar-refractivity contribution in [3.8, 4) is 5.88 Å². The zero-order valence-electron chi connectivity index (χ0n) is 10.4. The highest BCUT2D eigenvalue weighted by atomic mass is 16.5. The van der Waals surface area contributed by atoms with Gasteiger partial charge in [-0.15, -0.1) is 0 Å². The molecule has 0 saturated heterocycles. The lowest BCUT2D eigenvalue weighted by Crippen LogP contribution is -2.10. The third-order valence-corrected chi connectivity index (χ3v) is 2.46. The van der Waals surface area contributed by atoms with Crippen LogP contribution in [0.4, 0.5) is 0 Å². The molecule has 3 nitrogen and oxygen atoms in total. The third kappa shape index (κ3) is 4.19. The highest BCUT2D eigenvalue weighted by molar-refractivity contribution is 5.27. The Morgan fingerprint density at radius 3 is 2.75 bits per heavy atom. The van der Waals surface area contributed by atoms with Crippen molar-refractivity contribution in [2.45, 2.75) is 39.7 Å². The molecule has 1 aromatic rings. The summed E-state index contributed by atoms with van der Waals surface area (Å²) in [6.45, 7) is 7.09. The second-order valence-corrected chi connectivity index (χ2v) is 4.57. The summed E-state index contributed by atoms with van der Waals surface area (Å²) in [6.07, 6.45) is 3.98. The molecular formula is C13H22N2O. The lowest BCUT2D eigenvalue weighted by atomic mass is 10.1. The standard InChI is InChI=1S/C13H22N2O/c1-10(2)6-5-9-16-13-12(11(3)14)7-4-8-15-13/h4,7-8,10-11H,5-6,9,14H2,1-3H3/t11-/m1/s1. The molecule has 0 unspecified atom stereocenters. The van der Waals surface area contributed by atoms with E-state index < -0.39 is 0 Å². The minimum Gasteiger partial charge on any atom is -0.477 e. The molecule has 0 amide bonds. The quantitative estimate of drug-likeness (QED) is 0.753. The highest BCUT2D eigenvalue weighted by Gasteiger charge is 2.08. The Bertz CT molecular complexity index is 311. The van der Waals surface area contributed by atoms with Crippen LogP contribution in [0.25, 0.3) is 0 Å². The largest absolute Gasteiger partial charge is 0.477 e. The van der Waals surface area contributed by atoms with Gasteiger partial charge in [-0.2, -0.15) is 0 Å². The first-order chi connectivity index (χ1) is 7.61. The van der Waals surface area contributed by atoms with Gasteiger partial charge >= 0.3 is 0 Å². The van der Waals surface area contributed by atoms with E-state index in [1.165, 1.54) is 6.42 Å². The monoisotopic (exact) mass is 222 g/mol. The average Bonchev–Trinajstić information content (AvgIpc) is 2.24. The molecule has 0 radical (unpaired) electrons. The van der Waals surface area contributed by atoms with Crippen LogP contribution >= 0.6 is 0 Å². The molecule has 1 heterocycles. The molecule has 90 valence electrons. The van der Waals surface area contributed by atoms with E-state index in [4.69, 9.17) is 10.5 Å². The van der Waals surface area contributed by atoms with Crippen LogP contribution in [-0.2, 0) is 0 Å². The molecule has 0 saturated carbocycles. The van der Waals surface area contributed by atoms with Crippen LogP contribution in [0.2, 0.25) is 0 Å². The summed E-state index contributed by atoms with van der Waals surface area (Å²) in [7, 11) is 0. The lowest BCUT2D eigenvalue weighted by molar-refractivity contribution is 0.283. The van der Waals surface area contributed by atoms with Gasteiger partial charge in [0.05, 0.1) is 6.61 Å². The maximum Gasteiger partial charge on any atom is 0.218 e. The fourth-order valence-corrected chi connectivity index (χ4v) is 1.53. The zero-order valence-corrected chi connectivity index (χ0v) is 10.4. The van der Waals surface area contributed by atoms with Gasteiger partial charge in [0.25, 0.3) is 0 Å². The Morgan fingerprint density at radius 2 is 2.12 bits per heavy atom. The van der Waals surface area contributed by atoms with Gasteiger partial charge in [-0.25, -0.2) is 4.98 Å². The summed E-state index contributed by atoms with van der Waals surface area (Å²) in [6, 6.07) is 3.82. The number of nitrogens with two attached hydrogens (primary N) is 1. The van der Waals surface area contributed by atoms with E-state index >= 15 is 0 Å². The molecule has 0 aliphatic carbocycles. The minimum absolute atomic E-state index is 0.0335. The van der Waals surface area contributed by atoms with Gasteiger partial charge in [-0.1, -0.05) is 19.9 Å². The van der Waals surface area contributed by atoms with Gasteiger partial charge in [0.2, 0.25) is 5.88 Å². The molecule has 0 spiro atoms. The zero-order chi connectivity index (χ0) is 12.0. The molecule has 3 heteroatoms. The Hall–Kier alpha value is -1.09. The van der Waals surface area contributed by atoms with Crippen molar-refractivity contribution in [1.82, 2.24) is 4.98 Å². The summed E-state index contributed by atoms with van der Waals surface area (Å²) in [5.41, 5.74) is 6.83. The van der Waals surface area contributed by atoms with Crippen LogP contribution in [0.15, 0.2) is 18.3 Å². The predicted octanol–water partition coefficient (Wildman–Crippen LogP) is 2.92. The fraction of sp³-hybridized carbons (Fsp3) is 0.615. The molecule has 0 bridgehead atoms. The molecule has 16 heavy (non-hydrogen) atoms. The number of nitrogens with zero attached hydrogens (tertiary/aromatic N) is 1. The molecule has 0 aliphatic heterocycles. The van der Waals surface area contributed by atoms with Crippen LogP contribution in [0.3, 0.4) is 0 Å². The van der Waals surface area contributed by atoms with E-state index in [1.807, 2.05) is 19.1 Å². The van der Waals surface area contributed by atoms with Crippen molar-refractivity contribution in [1.29, 1.82) is 0 Å². The van der Waals surface area contributed by atoms with Crippen LogP contribution < -0.4 is 10.5 Å². The second kappa shape index (κ2) is 6.48. The maximum absolute atomic E-state index is 5.85. The summed E-state index contributed by atoms with van der Waals surface area (Å²) in [5.74, 6) is 1.40. The van der Waals surface area contributed by atoms with Crippen LogP contribution in [-0.4, -0.2) is 11.6 Å². The van der Waals surface area contributed by atoms with Crippen molar-refractivity contribution < 1.29 is 4.74 Å². The summed E-state index contributed by atoms with van der Waals surface area (Å²) >= 11 is 0. The molecule has 0 fully saturated rings. The normalized spacial score (nSPS) is 12.8. The smallest absolute Gasteiger partial charge is 0.218 e. The van der Waals surface area contributed by atoms with Crippen molar-refractivity contribution >= 4 is 0 Å². The Labute approximate surface area is 98.0 Å². The van der Waals surface area contributed by atoms with Gasteiger partial charge < -0.3 is 10.5 Å². The number of hydrogen-bond acceptors (Lipinski definition) is 3. The summed E-state index contributed by atoms with van der Waals surface area (Å²) in [5, 5.41) is 0. The van der Waals surface area contributed by atoms with Crippen LogP contribution in [0, 0.1) is 5.92 Å². The van der Waals surface area contributed by atoms with Gasteiger partial charge in [0, 0.05) is 17.8 Å². The van der Waals surface area contributed by atoms with E-state index in [0.717, 1.165) is 24.5 Å². The molecule has 1 aromatic heterocycles.